The Hall–Kier alpha value is -0.810. The fraction of sp³-hybridized carbons (Fsp3) is 0.462. The van der Waals surface area contributed by atoms with Crippen LogP contribution in [0.1, 0.15) is 24.8 Å². The summed E-state index contributed by atoms with van der Waals surface area (Å²) < 4.78 is 13.9. The lowest BCUT2D eigenvalue weighted by molar-refractivity contribution is 0.624. The molecule has 1 saturated carbocycles. The van der Waals surface area contributed by atoms with Crippen molar-refractivity contribution >= 4 is 34.7 Å². The summed E-state index contributed by atoms with van der Waals surface area (Å²) in [5, 5.41) is 3.96. The lowest BCUT2D eigenvalue weighted by Gasteiger charge is -2.15. The van der Waals surface area contributed by atoms with Gasteiger partial charge in [-0.2, -0.15) is 11.8 Å². The SMILES string of the molecule is CSC1CCC(Nc2ccc(C(N)=S)cc2F)C1. The summed E-state index contributed by atoms with van der Waals surface area (Å²) in [6, 6.07) is 5.24. The van der Waals surface area contributed by atoms with Crippen molar-refractivity contribution in [1.29, 1.82) is 0 Å². The van der Waals surface area contributed by atoms with E-state index in [9.17, 15) is 4.39 Å². The number of nitrogens with one attached hydrogen (secondary N) is 1. The second-order valence-corrected chi connectivity index (χ2v) is 6.15. The molecule has 5 heteroatoms. The zero-order valence-electron chi connectivity index (χ0n) is 10.3. The van der Waals surface area contributed by atoms with Crippen molar-refractivity contribution in [2.24, 2.45) is 5.73 Å². The smallest absolute Gasteiger partial charge is 0.146 e. The van der Waals surface area contributed by atoms with E-state index in [1.165, 1.54) is 12.5 Å². The third-order valence-corrected chi connectivity index (χ3v) is 4.66. The first-order chi connectivity index (χ1) is 8.60. The minimum absolute atomic E-state index is 0.226. The first kappa shape index (κ1) is 13.6. The maximum atomic E-state index is 13.9. The average Bonchev–Trinajstić information content (AvgIpc) is 2.79. The Balaban J connectivity index is 2.04. The molecule has 1 aromatic rings. The van der Waals surface area contributed by atoms with Crippen LogP contribution in [0.5, 0.6) is 0 Å². The topological polar surface area (TPSA) is 38.0 Å². The quantitative estimate of drug-likeness (QED) is 0.833. The third-order valence-electron chi connectivity index (χ3n) is 3.33. The molecule has 2 rings (SSSR count). The van der Waals surface area contributed by atoms with Crippen LogP contribution < -0.4 is 11.1 Å². The number of thiocarbonyl (C=S) groups is 1. The van der Waals surface area contributed by atoms with Gasteiger partial charge >= 0.3 is 0 Å². The van der Waals surface area contributed by atoms with Crippen LogP contribution in [-0.2, 0) is 0 Å². The molecule has 0 radical (unpaired) electrons. The number of nitrogens with two attached hydrogens (primary N) is 1. The Morgan fingerprint density at radius 3 is 2.83 bits per heavy atom. The molecule has 1 fully saturated rings. The molecule has 2 unspecified atom stereocenters. The summed E-state index contributed by atoms with van der Waals surface area (Å²) in [5.41, 5.74) is 6.59. The van der Waals surface area contributed by atoms with Crippen molar-refractivity contribution in [1.82, 2.24) is 0 Å². The van der Waals surface area contributed by atoms with Crippen LogP contribution in [0.4, 0.5) is 10.1 Å². The number of benzene rings is 1. The number of thioether (sulfide) groups is 1. The molecule has 0 aliphatic heterocycles. The van der Waals surface area contributed by atoms with Crippen molar-refractivity contribution in [2.45, 2.75) is 30.6 Å². The molecule has 1 aliphatic rings. The number of hydrogen-bond donors (Lipinski definition) is 2. The van der Waals surface area contributed by atoms with E-state index >= 15 is 0 Å². The van der Waals surface area contributed by atoms with Crippen LogP contribution in [0, 0.1) is 5.82 Å². The van der Waals surface area contributed by atoms with E-state index in [0.29, 0.717) is 22.5 Å². The highest BCUT2D eigenvalue weighted by Gasteiger charge is 2.24. The molecule has 0 bridgehead atoms. The molecule has 18 heavy (non-hydrogen) atoms. The summed E-state index contributed by atoms with van der Waals surface area (Å²) in [6.45, 7) is 0. The molecule has 1 aliphatic carbocycles. The molecule has 3 N–H and O–H groups in total. The van der Waals surface area contributed by atoms with E-state index < -0.39 is 0 Å². The summed E-state index contributed by atoms with van der Waals surface area (Å²) in [4.78, 5) is 0.226. The van der Waals surface area contributed by atoms with Gasteiger partial charge in [-0.3, -0.25) is 0 Å². The van der Waals surface area contributed by atoms with Gasteiger partial charge in [0.15, 0.2) is 0 Å². The van der Waals surface area contributed by atoms with Gasteiger partial charge in [0.1, 0.15) is 10.8 Å². The monoisotopic (exact) mass is 284 g/mol. The average molecular weight is 284 g/mol. The van der Waals surface area contributed by atoms with Gasteiger partial charge in [-0.1, -0.05) is 12.2 Å². The van der Waals surface area contributed by atoms with Gasteiger partial charge in [0.25, 0.3) is 0 Å². The Kier molecular flexibility index (Phi) is 4.45. The van der Waals surface area contributed by atoms with Gasteiger partial charge in [-0.15, -0.1) is 0 Å². The van der Waals surface area contributed by atoms with Gasteiger partial charge in [0.05, 0.1) is 5.69 Å². The van der Waals surface area contributed by atoms with Crippen LogP contribution in [0.3, 0.4) is 0 Å². The van der Waals surface area contributed by atoms with Gasteiger partial charge in [-0.05, 0) is 43.7 Å². The number of hydrogen-bond acceptors (Lipinski definition) is 3. The van der Waals surface area contributed by atoms with Crippen LogP contribution in [0.25, 0.3) is 0 Å². The van der Waals surface area contributed by atoms with E-state index in [-0.39, 0.29) is 10.8 Å². The van der Waals surface area contributed by atoms with Crippen molar-refractivity contribution in [3.8, 4) is 0 Å². The third kappa shape index (κ3) is 3.14. The summed E-state index contributed by atoms with van der Waals surface area (Å²) in [7, 11) is 0. The fourth-order valence-electron chi connectivity index (χ4n) is 2.29. The van der Waals surface area contributed by atoms with Crippen molar-refractivity contribution < 1.29 is 4.39 Å². The number of rotatable bonds is 4. The minimum Gasteiger partial charge on any atom is -0.389 e. The van der Waals surface area contributed by atoms with E-state index in [0.717, 1.165) is 12.8 Å². The molecule has 2 atom stereocenters. The zero-order chi connectivity index (χ0) is 13.1. The summed E-state index contributed by atoms with van der Waals surface area (Å²) in [5.74, 6) is -0.284. The molecular formula is C13H17FN2S2. The lowest BCUT2D eigenvalue weighted by atomic mass is 10.1. The van der Waals surface area contributed by atoms with E-state index in [1.807, 2.05) is 11.8 Å². The molecule has 0 heterocycles. The fourth-order valence-corrected chi connectivity index (χ4v) is 3.21. The largest absolute Gasteiger partial charge is 0.389 e. The predicted molar refractivity (Wildman–Crippen MR) is 80.9 cm³/mol. The molecule has 0 spiro atoms. The molecule has 1 aromatic carbocycles. The van der Waals surface area contributed by atoms with Crippen molar-refractivity contribution in [2.75, 3.05) is 11.6 Å². The van der Waals surface area contributed by atoms with Crippen molar-refractivity contribution in [3.63, 3.8) is 0 Å². The van der Waals surface area contributed by atoms with Gasteiger partial charge < -0.3 is 11.1 Å². The Labute approximate surface area is 117 Å². The predicted octanol–water partition coefficient (Wildman–Crippen LogP) is 3.16. The highest BCUT2D eigenvalue weighted by Crippen LogP contribution is 2.30. The standard InChI is InChI=1S/C13H17FN2S2/c1-18-10-4-3-9(7-10)16-12-5-2-8(13(15)17)6-11(12)14/h2,5-6,9-10,16H,3-4,7H2,1H3,(H2,15,17). The first-order valence-electron chi connectivity index (χ1n) is 5.99. The zero-order valence-corrected chi connectivity index (χ0v) is 11.9. The Morgan fingerprint density at radius 2 is 2.28 bits per heavy atom. The summed E-state index contributed by atoms with van der Waals surface area (Å²) in [6.07, 6.45) is 5.52. The van der Waals surface area contributed by atoms with Crippen LogP contribution >= 0.6 is 24.0 Å². The molecular weight excluding hydrogens is 267 g/mol. The molecule has 0 aromatic heterocycles. The summed E-state index contributed by atoms with van der Waals surface area (Å²) >= 11 is 6.72. The van der Waals surface area contributed by atoms with Gasteiger partial charge in [0.2, 0.25) is 0 Å². The van der Waals surface area contributed by atoms with Gasteiger partial charge in [-0.25, -0.2) is 4.39 Å². The second-order valence-electron chi connectivity index (χ2n) is 4.57. The van der Waals surface area contributed by atoms with Crippen LogP contribution in [-0.4, -0.2) is 22.5 Å². The van der Waals surface area contributed by atoms with Crippen LogP contribution in [0.2, 0.25) is 0 Å². The van der Waals surface area contributed by atoms with Crippen molar-refractivity contribution in [3.05, 3.63) is 29.6 Å². The Bertz CT molecular complexity index is 451. The highest BCUT2D eigenvalue weighted by molar-refractivity contribution is 7.99. The maximum Gasteiger partial charge on any atom is 0.146 e. The Morgan fingerprint density at radius 1 is 1.50 bits per heavy atom. The first-order valence-corrected chi connectivity index (χ1v) is 7.68. The van der Waals surface area contributed by atoms with Gasteiger partial charge in [0, 0.05) is 16.9 Å². The second kappa shape index (κ2) is 5.89. The maximum absolute atomic E-state index is 13.9. The molecule has 0 amide bonds. The van der Waals surface area contributed by atoms with E-state index in [4.69, 9.17) is 18.0 Å². The van der Waals surface area contributed by atoms with E-state index in [2.05, 4.69) is 11.6 Å². The molecule has 0 saturated heterocycles. The number of halogens is 1. The number of anilines is 1. The minimum atomic E-state index is -0.284. The van der Waals surface area contributed by atoms with Crippen LogP contribution in [0.15, 0.2) is 18.2 Å². The highest BCUT2D eigenvalue weighted by atomic mass is 32.2. The van der Waals surface area contributed by atoms with E-state index in [1.54, 1.807) is 12.1 Å². The molecule has 2 nitrogen and oxygen atoms in total. The molecule has 98 valence electrons. The lowest BCUT2D eigenvalue weighted by Crippen LogP contribution is -2.17. The normalized spacial score (nSPS) is 23.0.